The highest BCUT2D eigenvalue weighted by Crippen LogP contribution is 2.21. The van der Waals surface area contributed by atoms with E-state index in [0.717, 1.165) is 17.7 Å². The minimum absolute atomic E-state index is 0.0524. The van der Waals surface area contributed by atoms with Gasteiger partial charge in [-0.3, -0.25) is 4.79 Å². The number of nitrogens with zero attached hydrogens (tertiary/aromatic N) is 2. The van der Waals surface area contributed by atoms with Crippen LogP contribution in [-0.4, -0.2) is 50.7 Å². The minimum atomic E-state index is 0.0524. The minimum Gasteiger partial charge on any atom is -0.377 e. The van der Waals surface area contributed by atoms with Crippen molar-refractivity contribution in [3.8, 4) is 0 Å². The smallest absolute Gasteiger partial charge is 0.256 e. The first-order chi connectivity index (χ1) is 11.6. The van der Waals surface area contributed by atoms with E-state index < -0.39 is 0 Å². The van der Waals surface area contributed by atoms with Gasteiger partial charge in [-0.15, -0.1) is 0 Å². The third-order valence-electron chi connectivity index (χ3n) is 4.35. The maximum atomic E-state index is 13.0. The summed E-state index contributed by atoms with van der Waals surface area (Å²) < 4.78 is 5.87. The molecular formula is C20H24N2O2. The molecule has 1 unspecified atom stereocenters. The Labute approximate surface area is 143 Å². The molecule has 126 valence electrons. The zero-order valence-corrected chi connectivity index (χ0v) is 14.3. The molecular weight excluding hydrogens is 300 g/mol. The number of rotatable bonds is 4. The normalized spacial score (nSPS) is 17.6. The van der Waals surface area contributed by atoms with Crippen LogP contribution < -0.4 is 4.90 Å². The molecule has 4 heteroatoms. The number of hydrogen-bond donors (Lipinski definition) is 0. The standard InChI is InChI=1S/C20H24N2O2/c1-21(2)19-11-7-6-10-18(19)20(23)22-12-13-24-17(15-22)14-16-8-4-3-5-9-16/h3-11,17H,12-15H2,1-2H3. The summed E-state index contributed by atoms with van der Waals surface area (Å²) in [7, 11) is 3.92. The zero-order valence-electron chi connectivity index (χ0n) is 14.3. The maximum absolute atomic E-state index is 13.0. The molecule has 0 aliphatic carbocycles. The summed E-state index contributed by atoms with van der Waals surface area (Å²) in [4.78, 5) is 16.9. The molecule has 1 fully saturated rings. The van der Waals surface area contributed by atoms with Gasteiger partial charge >= 0.3 is 0 Å². The van der Waals surface area contributed by atoms with Crippen LogP contribution in [0, 0.1) is 0 Å². The number of benzene rings is 2. The van der Waals surface area contributed by atoms with E-state index in [2.05, 4.69) is 12.1 Å². The SMILES string of the molecule is CN(C)c1ccccc1C(=O)N1CCOC(Cc2ccccc2)C1. The predicted molar refractivity (Wildman–Crippen MR) is 96.6 cm³/mol. The molecule has 0 saturated carbocycles. The van der Waals surface area contributed by atoms with Crippen LogP contribution in [0.25, 0.3) is 0 Å². The van der Waals surface area contributed by atoms with Crippen LogP contribution in [0.3, 0.4) is 0 Å². The monoisotopic (exact) mass is 324 g/mol. The summed E-state index contributed by atoms with van der Waals surface area (Å²) in [5.74, 6) is 0.0839. The number of para-hydroxylation sites is 1. The number of amides is 1. The Kier molecular flexibility index (Phi) is 5.16. The van der Waals surface area contributed by atoms with Crippen LogP contribution >= 0.6 is 0 Å². The molecule has 4 nitrogen and oxygen atoms in total. The van der Waals surface area contributed by atoms with Crippen LogP contribution in [0.1, 0.15) is 15.9 Å². The van der Waals surface area contributed by atoms with Crippen LogP contribution in [0.5, 0.6) is 0 Å². The summed E-state index contributed by atoms with van der Waals surface area (Å²) in [5.41, 5.74) is 2.95. The molecule has 1 aliphatic heterocycles. The van der Waals surface area contributed by atoms with Crippen LogP contribution in [-0.2, 0) is 11.2 Å². The van der Waals surface area contributed by atoms with E-state index in [0.29, 0.717) is 19.7 Å². The van der Waals surface area contributed by atoms with Crippen molar-refractivity contribution in [3.63, 3.8) is 0 Å². The molecule has 0 bridgehead atoms. The molecule has 2 aromatic carbocycles. The summed E-state index contributed by atoms with van der Waals surface area (Å²) >= 11 is 0. The molecule has 1 atom stereocenters. The number of morpholine rings is 1. The topological polar surface area (TPSA) is 32.8 Å². The Morgan fingerprint density at radius 2 is 1.83 bits per heavy atom. The van der Waals surface area contributed by atoms with Gasteiger partial charge in [-0.25, -0.2) is 0 Å². The zero-order chi connectivity index (χ0) is 16.9. The fourth-order valence-electron chi connectivity index (χ4n) is 3.12. The Balaban J connectivity index is 1.72. The van der Waals surface area contributed by atoms with Crippen LogP contribution in [0.15, 0.2) is 54.6 Å². The van der Waals surface area contributed by atoms with Crippen LogP contribution in [0.4, 0.5) is 5.69 Å². The van der Waals surface area contributed by atoms with E-state index in [-0.39, 0.29) is 12.0 Å². The van der Waals surface area contributed by atoms with E-state index >= 15 is 0 Å². The molecule has 1 amide bonds. The molecule has 0 spiro atoms. The summed E-state index contributed by atoms with van der Waals surface area (Å²) in [6.45, 7) is 1.87. The van der Waals surface area contributed by atoms with Crippen molar-refractivity contribution in [1.29, 1.82) is 0 Å². The van der Waals surface area contributed by atoms with Gasteiger partial charge in [0, 0.05) is 39.3 Å². The van der Waals surface area contributed by atoms with Gasteiger partial charge in [0.25, 0.3) is 5.91 Å². The summed E-state index contributed by atoms with van der Waals surface area (Å²) in [5, 5.41) is 0. The highest BCUT2D eigenvalue weighted by Gasteiger charge is 2.26. The average molecular weight is 324 g/mol. The van der Waals surface area contributed by atoms with Gasteiger partial charge in [0.15, 0.2) is 0 Å². The number of ether oxygens (including phenoxy) is 1. The lowest BCUT2D eigenvalue weighted by atomic mass is 10.1. The fourth-order valence-corrected chi connectivity index (χ4v) is 3.12. The molecule has 24 heavy (non-hydrogen) atoms. The molecule has 1 saturated heterocycles. The lowest BCUT2D eigenvalue weighted by Crippen LogP contribution is -2.46. The maximum Gasteiger partial charge on any atom is 0.256 e. The summed E-state index contributed by atoms with van der Waals surface area (Å²) in [6, 6.07) is 18.1. The van der Waals surface area contributed by atoms with Crippen molar-refractivity contribution in [1.82, 2.24) is 4.90 Å². The van der Waals surface area contributed by atoms with Gasteiger partial charge in [-0.1, -0.05) is 42.5 Å². The second kappa shape index (κ2) is 7.49. The molecule has 0 aromatic heterocycles. The highest BCUT2D eigenvalue weighted by atomic mass is 16.5. The molecule has 2 aromatic rings. The van der Waals surface area contributed by atoms with E-state index in [4.69, 9.17) is 4.74 Å². The largest absolute Gasteiger partial charge is 0.377 e. The molecule has 3 rings (SSSR count). The third-order valence-corrected chi connectivity index (χ3v) is 4.35. The molecule has 0 N–H and O–H groups in total. The van der Waals surface area contributed by atoms with Crippen LogP contribution in [0.2, 0.25) is 0 Å². The van der Waals surface area contributed by atoms with Crippen molar-refractivity contribution in [2.75, 3.05) is 38.7 Å². The first kappa shape index (κ1) is 16.5. The first-order valence-electron chi connectivity index (χ1n) is 8.36. The number of hydrogen-bond acceptors (Lipinski definition) is 3. The van der Waals surface area contributed by atoms with Crippen molar-refractivity contribution in [2.45, 2.75) is 12.5 Å². The third kappa shape index (κ3) is 3.77. The number of carbonyl (C=O) groups is 1. The molecule has 1 heterocycles. The average Bonchev–Trinajstić information content (AvgIpc) is 2.62. The Bertz CT molecular complexity index is 685. The van der Waals surface area contributed by atoms with Gasteiger partial charge in [0.05, 0.1) is 18.3 Å². The van der Waals surface area contributed by atoms with Gasteiger partial charge in [-0.2, -0.15) is 0 Å². The summed E-state index contributed by atoms with van der Waals surface area (Å²) in [6.07, 6.45) is 0.886. The van der Waals surface area contributed by atoms with Crippen molar-refractivity contribution < 1.29 is 9.53 Å². The first-order valence-corrected chi connectivity index (χ1v) is 8.36. The fraction of sp³-hybridized carbons (Fsp3) is 0.350. The highest BCUT2D eigenvalue weighted by molar-refractivity contribution is 5.99. The van der Waals surface area contributed by atoms with Crippen molar-refractivity contribution >= 4 is 11.6 Å². The van der Waals surface area contributed by atoms with E-state index in [1.807, 2.05) is 66.4 Å². The second-order valence-corrected chi connectivity index (χ2v) is 6.35. The molecule has 1 aliphatic rings. The van der Waals surface area contributed by atoms with Crippen molar-refractivity contribution in [3.05, 3.63) is 65.7 Å². The second-order valence-electron chi connectivity index (χ2n) is 6.35. The lowest BCUT2D eigenvalue weighted by molar-refractivity contribution is -0.0207. The Morgan fingerprint density at radius 3 is 2.58 bits per heavy atom. The quantitative estimate of drug-likeness (QED) is 0.867. The van der Waals surface area contributed by atoms with Gasteiger partial charge in [0.2, 0.25) is 0 Å². The van der Waals surface area contributed by atoms with Gasteiger partial charge in [-0.05, 0) is 17.7 Å². The number of anilines is 1. The van der Waals surface area contributed by atoms with E-state index in [1.165, 1.54) is 5.56 Å². The predicted octanol–water partition coefficient (Wildman–Crippen LogP) is 2.84. The van der Waals surface area contributed by atoms with E-state index in [1.54, 1.807) is 0 Å². The van der Waals surface area contributed by atoms with Gasteiger partial charge in [0.1, 0.15) is 0 Å². The number of carbonyl (C=O) groups excluding carboxylic acids is 1. The lowest BCUT2D eigenvalue weighted by Gasteiger charge is -2.34. The Morgan fingerprint density at radius 1 is 1.12 bits per heavy atom. The molecule has 0 radical (unpaired) electrons. The van der Waals surface area contributed by atoms with Gasteiger partial charge < -0.3 is 14.5 Å². The van der Waals surface area contributed by atoms with E-state index in [9.17, 15) is 4.79 Å². The Hall–Kier alpha value is -2.33. The van der Waals surface area contributed by atoms with Crippen molar-refractivity contribution in [2.24, 2.45) is 0 Å².